The summed E-state index contributed by atoms with van der Waals surface area (Å²) in [4.78, 5) is 37.2. The van der Waals surface area contributed by atoms with Crippen LogP contribution in [0.3, 0.4) is 0 Å². The Balaban J connectivity index is 1.92. The molecule has 0 fully saturated rings. The molecule has 0 aliphatic rings. The molecule has 2 N–H and O–H groups in total. The van der Waals surface area contributed by atoms with Gasteiger partial charge in [0.1, 0.15) is 11.7 Å². The van der Waals surface area contributed by atoms with E-state index in [0.717, 1.165) is 15.4 Å². The van der Waals surface area contributed by atoms with E-state index >= 15 is 0 Å². The molecule has 1 atom stereocenters. The zero-order chi connectivity index (χ0) is 24.1. The van der Waals surface area contributed by atoms with Gasteiger partial charge in [-0.25, -0.2) is 4.79 Å². The van der Waals surface area contributed by atoms with Crippen molar-refractivity contribution < 1.29 is 14.5 Å². The molecule has 3 aromatic carbocycles. The fourth-order valence-electron chi connectivity index (χ4n) is 3.43. The van der Waals surface area contributed by atoms with Crippen LogP contribution in [0.1, 0.15) is 28.3 Å². The predicted octanol–water partition coefficient (Wildman–Crippen LogP) is 5.58. The summed E-state index contributed by atoms with van der Waals surface area (Å²) in [5, 5.41) is 16.8. The lowest BCUT2D eigenvalue weighted by Crippen LogP contribution is -2.38. The second kappa shape index (κ2) is 10.2. The minimum absolute atomic E-state index is 0.0108. The molecule has 33 heavy (non-hydrogen) atoms. The van der Waals surface area contributed by atoms with Crippen LogP contribution in [0, 0.1) is 30.9 Å². The van der Waals surface area contributed by atoms with E-state index in [-0.39, 0.29) is 11.4 Å². The Morgan fingerprint density at radius 3 is 2.18 bits per heavy atom. The van der Waals surface area contributed by atoms with E-state index in [9.17, 15) is 19.7 Å². The average molecular weight is 465 g/mol. The van der Waals surface area contributed by atoms with E-state index in [1.807, 2.05) is 32.0 Å². The van der Waals surface area contributed by atoms with E-state index in [1.54, 1.807) is 43.3 Å². The van der Waals surface area contributed by atoms with Gasteiger partial charge >= 0.3 is 6.03 Å². The first kappa shape index (κ1) is 23.8. The lowest BCUT2D eigenvalue weighted by Gasteiger charge is -2.27. The third-order valence-corrected chi connectivity index (χ3v) is 5.55. The Morgan fingerprint density at radius 2 is 1.58 bits per heavy atom. The highest BCUT2D eigenvalue weighted by Gasteiger charge is 2.31. The summed E-state index contributed by atoms with van der Waals surface area (Å²) in [6.07, 6.45) is 0. The average Bonchev–Trinajstić information content (AvgIpc) is 2.78. The van der Waals surface area contributed by atoms with Crippen molar-refractivity contribution in [2.75, 3.05) is 10.6 Å². The number of thiol groups is 1. The number of carbonyl (C=O) groups excluding carboxylic acids is 2. The molecule has 0 aromatic heterocycles. The summed E-state index contributed by atoms with van der Waals surface area (Å²) >= 11 is 4.32. The molecule has 3 rings (SSSR count). The van der Waals surface area contributed by atoms with Crippen LogP contribution < -0.4 is 10.6 Å². The highest BCUT2D eigenvalue weighted by atomic mass is 32.1. The number of rotatable bonds is 6. The van der Waals surface area contributed by atoms with Crippen molar-refractivity contribution in [1.29, 1.82) is 0 Å². The molecule has 9 heteroatoms. The van der Waals surface area contributed by atoms with Gasteiger partial charge in [0.05, 0.1) is 4.92 Å². The maximum atomic E-state index is 13.3. The molecule has 0 heterocycles. The highest BCUT2D eigenvalue weighted by molar-refractivity contribution is 7.78. The fraction of sp³-hybridized carbons (Fsp3) is 0.167. The van der Waals surface area contributed by atoms with Gasteiger partial charge < -0.3 is 10.6 Å². The van der Waals surface area contributed by atoms with Crippen LogP contribution in [0.4, 0.5) is 21.9 Å². The predicted molar refractivity (Wildman–Crippen MR) is 131 cm³/mol. The number of nitro benzene ring substituents is 1. The first-order chi connectivity index (χ1) is 15.7. The van der Waals surface area contributed by atoms with Gasteiger partial charge in [-0.1, -0.05) is 67.4 Å². The third-order valence-electron chi connectivity index (χ3n) is 5.14. The van der Waals surface area contributed by atoms with E-state index < -0.39 is 22.9 Å². The number of aryl methyl sites for hydroxylation is 3. The summed E-state index contributed by atoms with van der Waals surface area (Å²) in [5.74, 6) is -0.470. The number of hydrogen-bond acceptors (Lipinski definition) is 5. The Hall–Kier alpha value is -3.85. The van der Waals surface area contributed by atoms with Crippen molar-refractivity contribution >= 4 is 41.8 Å². The first-order valence-electron chi connectivity index (χ1n) is 10.1. The molecule has 0 aliphatic carbocycles. The lowest BCUT2D eigenvalue weighted by atomic mass is 10.0. The van der Waals surface area contributed by atoms with Gasteiger partial charge in [0.25, 0.3) is 11.6 Å². The molecular formula is C24H24N4O4S. The SMILES string of the molecule is Cc1ccc(NC(=O)N(S)C(C(=O)Nc2c(C)cccc2C)c2ccccc2)c([N+](=O)[O-])c1. The first-order valence-corrected chi connectivity index (χ1v) is 10.5. The van der Waals surface area contributed by atoms with Crippen LogP contribution in [-0.2, 0) is 4.79 Å². The maximum Gasteiger partial charge on any atom is 0.332 e. The normalized spacial score (nSPS) is 11.4. The number of urea groups is 1. The van der Waals surface area contributed by atoms with E-state index in [1.165, 1.54) is 12.1 Å². The molecule has 0 radical (unpaired) electrons. The summed E-state index contributed by atoms with van der Waals surface area (Å²) in [6, 6.07) is 16.9. The lowest BCUT2D eigenvalue weighted by molar-refractivity contribution is -0.384. The monoisotopic (exact) mass is 464 g/mol. The Morgan fingerprint density at radius 1 is 0.939 bits per heavy atom. The molecule has 1 unspecified atom stereocenters. The van der Waals surface area contributed by atoms with Crippen molar-refractivity contribution in [3.05, 3.63) is 99.1 Å². The van der Waals surface area contributed by atoms with Crippen molar-refractivity contribution in [2.45, 2.75) is 26.8 Å². The zero-order valence-corrected chi connectivity index (χ0v) is 19.3. The van der Waals surface area contributed by atoms with Gasteiger partial charge in [-0.2, -0.15) is 0 Å². The molecule has 0 aliphatic heterocycles. The molecule has 0 saturated carbocycles. The molecule has 3 aromatic rings. The van der Waals surface area contributed by atoms with Gasteiger partial charge in [-0.05, 0) is 49.1 Å². The molecule has 3 amide bonds. The van der Waals surface area contributed by atoms with Crippen LogP contribution in [0.25, 0.3) is 0 Å². The molecule has 0 bridgehead atoms. The number of hydrogen-bond donors (Lipinski definition) is 3. The quantitative estimate of drug-likeness (QED) is 0.252. The van der Waals surface area contributed by atoms with Crippen molar-refractivity contribution in [2.24, 2.45) is 0 Å². The Kier molecular flexibility index (Phi) is 7.34. The van der Waals surface area contributed by atoms with E-state index in [2.05, 4.69) is 23.4 Å². The number of benzene rings is 3. The number of nitrogens with one attached hydrogen (secondary N) is 2. The van der Waals surface area contributed by atoms with Crippen LogP contribution in [0.5, 0.6) is 0 Å². The number of para-hydroxylation sites is 1. The van der Waals surface area contributed by atoms with Gasteiger partial charge in [0.2, 0.25) is 0 Å². The number of amides is 3. The number of nitrogens with zero attached hydrogens (tertiary/aromatic N) is 2. The Labute approximate surface area is 197 Å². The standard InChI is InChI=1S/C24H24N4O4S/c1-15-12-13-19(20(14-15)28(31)32)25-24(30)27(33)22(18-10-5-4-6-11-18)23(29)26-21-16(2)8-7-9-17(21)3/h4-14,22,33H,1-3H3,(H,25,30)(H,26,29). The van der Waals surface area contributed by atoms with Crippen LogP contribution >= 0.6 is 12.8 Å². The van der Waals surface area contributed by atoms with Crippen LogP contribution in [0.2, 0.25) is 0 Å². The Bertz CT molecular complexity index is 1180. The zero-order valence-electron chi connectivity index (χ0n) is 18.4. The van der Waals surface area contributed by atoms with Gasteiger partial charge in [-0.15, -0.1) is 0 Å². The second-order valence-electron chi connectivity index (χ2n) is 7.62. The fourth-order valence-corrected chi connectivity index (χ4v) is 3.72. The molecule has 170 valence electrons. The summed E-state index contributed by atoms with van der Waals surface area (Å²) in [7, 11) is 0. The van der Waals surface area contributed by atoms with Crippen molar-refractivity contribution in [3.63, 3.8) is 0 Å². The molecular weight excluding hydrogens is 440 g/mol. The summed E-state index contributed by atoms with van der Waals surface area (Å²) < 4.78 is 0.932. The van der Waals surface area contributed by atoms with Crippen LogP contribution in [0.15, 0.2) is 66.7 Å². The van der Waals surface area contributed by atoms with E-state index in [0.29, 0.717) is 16.8 Å². The number of carbonyl (C=O) groups is 2. The molecule has 0 saturated heterocycles. The minimum atomic E-state index is -1.10. The number of nitro groups is 1. The highest BCUT2D eigenvalue weighted by Crippen LogP contribution is 2.30. The topological polar surface area (TPSA) is 105 Å². The third kappa shape index (κ3) is 5.50. The van der Waals surface area contributed by atoms with Gasteiger partial charge in [0.15, 0.2) is 0 Å². The molecule has 0 spiro atoms. The van der Waals surface area contributed by atoms with E-state index in [4.69, 9.17) is 0 Å². The molecule has 8 nitrogen and oxygen atoms in total. The summed E-state index contributed by atoms with van der Waals surface area (Å²) in [6.45, 7) is 5.47. The van der Waals surface area contributed by atoms with Crippen LogP contribution in [-0.4, -0.2) is 21.2 Å². The maximum absolute atomic E-state index is 13.3. The number of anilines is 2. The van der Waals surface area contributed by atoms with Crippen molar-refractivity contribution in [3.8, 4) is 0 Å². The van der Waals surface area contributed by atoms with Gasteiger partial charge in [0, 0.05) is 11.8 Å². The van der Waals surface area contributed by atoms with Crippen molar-refractivity contribution in [1.82, 2.24) is 4.31 Å². The second-order valence-corrected chi connectivity index (χ2v) is 8.05. The smallest absolute Gasteiger partial charge is 0.323 e. The summed E-state index contributed by atoms with van der Waals surface area (Å²) in [5.41, 5.74) is 3.38. The van der Waals surface area contributed by atoms with Gasteiger partial charge in [-0.3, -0.25) is 19.2 Å². The minimum Gasteiger partial charge on any atom is -0.323 e. The largest absolute Gasteiger partial charge is 0.332 e.